The molecule has 23 heavy (non-hydrogen) atoms. The molecule has 1 amide bonds. The van der Waals surface area contributed by atoms with E-state index in [1.54, 1.807) is 0 Å². The fourth-order valence-corrected chi connectivity index (χ4v) is 3.37. The van der Waals surface area contributed by atoms with Crippen LogP contribution in [0.5, 0.6) is 0 Å². The fraction of sp³-hybridized carbons (Fsp3) is 0.875. The van der Waals surface area contributed by atoms with E-state index in [9.17, 15) is 4.79 Å². The molecule has 0 aliphatic carbocycles. The molecule has 0 aromatic carbocycles. The molecule has 2 fully saturated rings. The summed E-state index contributed by atoms with van der Waals surface area (Å²) >= 11 is 0. The summed E-state index contributed by atoms with van der Waals surface area (Å²) in [5, 5.41) is 9.90. The van der Waals surface area contributed by atoms with Crippen molar-refractivity contribution < 1.29 is 4.79 Å². The fourth-order valence-electron chi connectivity index (χ4n) is 3.37. The number of carbonyl (C=O) groups excluding carboxylic acids is 1. The van der Waals surface area contributed by atoms with Gasteiger partial charge in [0.15, 0.2) is 5.96 Å². The van der Waals surface area contributed by atoms with Crippen LogP contribution in [0.15, 0.2) is 4.99 Å². The monoisotopic (exact) mass is 437 g/mol. The molecule has 0 radical (unpaired) electrons. The molecule has 0 aromatic heterocycles. The van der Waals surface area contributed by atoms with Gasteiger partial charge in [0.1, 0.15) is 0 Å². The lowest BCUT2D eigenvalue weighted by molar-refractivity contribution is -0.119. The minimum Gasteiger partial charge on any atom is -0.355 e. The second-order valence-corrected chi connectivity index (χ2v) is 7.63. The zero-order valence-electron chi connectivity index (χ0n) is 14.9. The first kappa shape index (κ1) is 20.5. The van der Waals surface area contributed by atoms with Crippen molar-refractivity contribution in [3.63, 3.8) is 0 Å². The third-order valence-corrected chi connectivity index (χ3v) is 4.43. The first-order valence-corrected chi connectivity index (χ1v) is 8.31. The quantitative estimate of drug-likeness (QED) is 0.269. The molecular weight excluding hydrogens is 405 g/mol. The lowest BCUT2D eigenvalue weighted by Gasteiger charge is -2.40. The molecular formula is C16H32IN5O. The highest BCUT2D eigenvalue weighted by atomic mass is 127. The Bertz CT molecular complexity index is 435. The Morgan fingerprint density at radius 2 is 2.13 bits per heavy atom. The molecule has 1 atom stereocenters. The Kier molecular flexibility index (Phi) is 7.57. The molecule has 0 aromatic rings. The van der Waals surface area contributed by atoms with Gasteiger partial charge in [-0.05, 0) is 33.6 Å². The SMILES string of the molecule is CN=C(NCCNC(C)(C)C)N1CCCC2(CNC(=O)C2)C1.I. The van der Waals surface area contributed by atoms with Crippen LogP contribution in [0, 0.1) is 5.41 Å². The number of nitrogens with one attached hydrogen (secondary N) is 3. The number of likely N-dealkylation sites (tertiary alicyclic amines) is 1. The van der Waals surface area contributed by atoms with Crippen molar-refractivity contribution in [3.05, 3.63) is 0 Å². The third-order valence-electron chi connectivity index (χ3n) is 4.43. The number of piperidine rings is 1. The van der Waals surface area contributed by atoms with Crippen molar-refractivity contribution in [2.24, 2.45) is 10.4 Å². The lowest BCUT2D eigenvalue weighted by Crippen LogP contribution is -2.52. The van der Waals surface area contributed by atoms with Crippen molar-refractivity contribution in [2.75, 3.05) is 39.8 Å². The van der Waals surface area contributed by atoms with Crippen LogP contribution >= 0.6 is 24.0 Å². The maximum atomic E-state index is 11.6. The van der Waals surface area contributed by atoms with Crippen LogP contribution in [0.2, 0.25) is 0 Å². The average Bonchev–Trinajstić information content (AvgIpc) is 2.78. The average molecular weight is 437 g/mol. The molecule has 1 spiro atoms. The number of halogens is 1. The number of hydrogen-bond donors (Lipinski definition) is 3. The van der Waals surface area contributed by atoms with E-state index in [2.05, 4.69) is 46.6 Å². The molecule has 3 N–H and O–H groups in total. The number of aliphatic imine (C=N–C) groups is 1. The zero-order chi connectivity index (χ0) is 16.2. The molecule has 6 nitrogen and oxygen atoms in total. The van der Waals surface area contributed by atoms with E-state index in [0.717, 1.165) is 51.5 Å². The highest BCUT2D eigenvalue weighted by Gasteiger charge is 2.42. The number of hydrogen-bond acceptors (Lipinski definition) is 3. The summed E-state index contributed by atoms with van der Waals surface area (Å²) < 4.78 is 0. The molecule has 7 heteroatoms. The van der Waals surface area contributed by atoms with Gasteiger partial charge in [-0.2, -0.15) is 0 Å². The van der Waals surface area contributed by atoms with E-state index >= 15 is 0 Å². The summed E-state index contributed by atoms with van der Waals surface area (Å²) in [5.74, 6) is 1.15. The first-order valence-electron chi connectivity index (χ1n) is 8.31. The van der Waals surface area contributed by atoms with Crippen LogP contribution in [-0.4, -0.2) is 62.1 Å². The Balaban J connectivity index is 0.00000264. The standard InChI is InChI=1S/C16H31N5O.HI/c1-15(2,3)20-8-7-18-14(17-4)21-9-5-6-16(12-21)10-13(22)19-11-16;/h20H,5-12H2,1-4H3,(H,17,18)(H,19,22);1H. The number of guanidine groups is 1. The first-order chi connectivity index (χ1) is 10.3. The summed E-state index contributed by atoms with van der Waals surface area (Å²) in [4.78, 5) is 18.3. The second kappa shape index (κ2) is 8.50. The van der Waals surface area contributed by atoms with Gasteiger partial charge in [-0.1, -0.05) is 0 Å². The summed E-state index contributed by atoms with van der Waals surface area (Å²) in [7, 11) is 1.83. The van der Waals surface area contributed by atoms with Gasteiger partial charge in [-0.25, -0.2) is 0 Å². The normalized spacial score (nSPS) is 25.3. The molecule has 2 aliphatic heterocycles. The Hall–Kier alpha value is -0.570. The third kappa shape index (κ3) is 6.10. The molecule has 2 heterocycles. The number of amides is 1. The lowest BCUT2D eigenvalue weighted by atomic mass is 9.79. The summed E-state index contributed by atoms with van der Waals surface area (Å²) in [6.07, 6.45) is 2.91. The molecule has 134 valence electrons. The van der Waals surface area contributed by atoms with E-state index in [-0.39, 0.29) is 40.8 Å². The van der Waals surface area contributed by atoms with E-state index in [1.165, 1.54) is 0 Å². The van der Waals surface area contributed by atoms with Gasteiger partial charge in [-0.3, -0.25) is 9.79 Å². The van der Waals surface area contributed by atoms with Gasteiger partial charge in [0.2, 0.25) is 5.91 Å². The van der Waals surface area contributed by atoms with E-state index in [0.29, 0.717) is 6.42 Å². The van der Waals surface area contributed by atoms with Crippen LogP contribution in [-0.2, 0) is 4.79 Å². The van der Waals surface area contributed by atoms with Crippen LogP contribution in [0.3, 0.4) is 0 Å². The van der Waals surface area contributed by atoms with Gasteiger partial charge in [0.25, 0.3) is 0 Å². The maximum absolute atomic E-state index is 11.6. The predicted molar refractivity (Wildman–Crippen MR) is 105 cm³/mol. The van der Waals surface area contributed by atoms with E-state index in [1.807, 2.05) is 7.05 Å². The van der Waals surface area contributed by atoms with Crippen LogP contribution in [0.1, 0.15) is 40.0 Å². The Morgan fingerprint density at radius 1 is 1.39 bits per heavy atom. The number of nitrogens with zero attached hydrogens (tertiary/aromatic N) is 2. The summed E-state index contributed by atoms with van der Waals surface area (Å²) in [5.41, 5.74) is 0.243. The summed E-state index contributed by atoms with van der Waals surface area (Å²) in [6.45, 7) is 11.0. The molecule has 2 rings (SSSR count). The predicted octanol–water partition coefficient (Wildman–Crippen LogP) is 1.17. The second-order valence-electron chi connectivity index (χ2n) is 7.63. The topological polar surface area (TPSA) is 68.8 Å². The Labute approximate surface area is 157 Å². The molecule has 1 unspecified atom stereocenters. The van der Waals surface area contributed by atoms with Crippen LogP contribution in [0.25, 0.3) is 0 Å². The largest absolute Gasteiger partial charge is 0.355 e. The zero-order valence-corrected chi connectivity index (χ0v) is 17.2. The minimum absolute atomic E-state index is 0. The molecule has 0 saturated carbocycles. The molecule has 2 saturated heterocycles. The van der Waals surface area contributed by atoms with Crippen molar-refractivity contribution in [1.29, 1.82) is 0 Å². The van der Waals surface area contributed by atoms with Crippen molar-refractivity contribution >= 4 is 35.8 Å². The van der Waals surface area contributed by atoms with Crippen molar-refractivity contribution in [3.8, 4) is 0 Å². The van der Waals surface area contributed by atoms with Gasteiger partial charge in [0, 0.05) is 57.1 Å². The highest BCUT2D eigenvalue weighted by Crippen LogP contribution is 2.35. The summed E-state index contributed by atoms with van der Waals surface area (Å²) in [6, 6.07) is 0. The van der Waals surface area contributed by atoms with Gasteiger partial charge in [0.05, 0.1) is 0 Å². The maximum Gasteiger partial charge on any atom is 0.220 e. The number of carbonyl (C=O) groups is 1. The van der Waals surface area contributed by atoms with Gasteiger partial charge in [-0.15, -0.1) is 24.0 Å². The van der Waals surface area contributed by atoms with E-state index in [4.69, 9.17) is 0 Å². The van der Waals surface area contributed by atoms with E-state index < -0.39 is 0 Å². The van der Waals surface area contributed by atoms with Gasteiger partial charge >= 0.3 is 0 Å². The minimum atomic E-state index is 0. The highest BCUT2D eigenvalue weighted by molar-refractivity contribution is 14.0. The van der Waals surface area contributed by atoms with Crippen LogP contribution < -0.4 is 16.0 Å². The molecule has 0 bridgehead atoms. The smallest absolute Gasteiger partial charge is 0.220 e. The number of rotatable bonds is 3. The molecule has 2 aliphatic rings. The van der Waals surface area contributed by atoms with Crippen LogP contribution in [0.4, 0.5) is 0 Å². The van der Waals surface area contributed by atoms with Gasteiger partial charge < -0.3 is 20.9 Å². The Morgan fingerprint density at radius 3 is 2.70 bits per heavy atom. The van der Waals surface area contributed by atoms with Crippen molar-refractivity contribution in [2.45, 2.75) is 45.6 Å². The van der Waals surface area contributed by atoms with Crippen molar-refractivity contribution in [1.82, 2.24) is 20.9 Å².